The summed E-state index contributed by atoms with van der Waals surface area (Å²) in [5.74, 6) is -0.0599. The number of rotatable bonds is 5. The van der Waals surface area contributed by atoms with E-state index in [2.05, 4.69) is 9.82 Å². The number of hydrogen-bond donors (Lipinski definition) is 1. The molecule has 0 aliphatic heterocycles. The van der Waals surface area contributed by atoms with E-state index in [1.807, 2.05) is 13.0 Å². The summed E-state index contributed by atoms with van der Waals surface area (Å²) >= 11 is 0. The quantitative estimate of drug-likeness (QED) is 0.912. The van der Waals surface area contributed by atoms with Crippen molar-refractivity contribution in [2.24, 2.45) is 0 Å². The third kappa shape index (κ3) is 3.61. The van der Waals surface area contributed by atoms with Crippen molar-refractivity contribution in [2.45, 2.75) is 49.6 Å². The topological polar surface area (TPSA) is 64.0 Å². The highest BCUT2D eigenvalue weighted by molar-refractivity contribution is 7.89. The minimum atomic E-state index is -3.55. The molecule has 1 saturated carbocycles. The monoisotopic (exact) mass is 337 g/mol. The molecule has 2 atom stereocenters. The first-order chi connectivity index (χ1) is 11.0. The van der Waals surface area contributed by atoms with E-state index in [1.165, 1.54) is 24.5 Å². The van der Waals surface area contributed by atoms with E-state index in [9.17, 15) is 12.8 Å². The van der Waals surface area contributed by atoms with Crippen molar-refractivity contribution in [1.29, 1.82) is 0 Å². The molecule has 23 heavy (non-hydrogen) atoms. The first-order valence-corrected chi connectivity index (χ1v) is 9.26. The number of halogens is 1. The maximum atomic E-state index is 13.3. The van der Waals surface area contributed by atoms with E-state index < -0.39 is 10.0 Å². The lowest BCUT2D eigenvalue weighted by atomic mass is 9.97. The van der Waals surface area contributed by atoms with Crippen LogP contribution < -0.4 is 4.72 Å². The maximum Gasteiger partial charge on any atom is 0.243 e. The van der Waals surface area contributed by atoms with Gasteiger partial charge in [0.2, 0.25) is 10.0 Å². The van der Waals surface area contributed by atoms with E-state index in [-0.39, 0.29) is 22.7 Å². The molecule has 1 N–H and O–H groups in total. The van der Waals surface area contributed by atoms with Crippen molar-refractivity contribution in [3.8, 4) is 0 Å². The Balaban J connectivity index is 1.67. The lowest BCUT2D eigenvalue weighted by Gasteiger charge is -2.13. The van der Waals surface area contributed by atoms with Crippen LogP contribution in [-0.4, -0.2) is 24.2 Å². The Morgan fingerprint density at radius 2 is 2.22 bits per heavy atom. The van der Waals surface area contributed by atoms with Crippen molar-refractivity contribution in [3.05, 3.63) is 48.0 Å². The molecule has 5 nitrogen and oxygen atoms in total. The fraction of sp³-hybridized carbons (Fsp3) is 0.438. The molecule has 2 unspecified atom stereocenters. The van der Waals surface area contributed by atoms with E-state index in [0.717, 1.165) is 18.4 Å². The van der Waals surface area contributed by atoms with Gasteiger partial charge >= 0.3 is 0 Å². The third-order valence-electron chi connectivity index (χ3n) is 4.32. The SMILES string of the molecule is CCn1cc(S(=O)(=O)NC2CCC(c3cccc(F)c3)C2)cn1. The highest BCUT2D eigenvalue weighted by Crippen LogP contribution is 2.35. The van der Waals surface area contributed by atoms with Crippen molar-refractivity contribution in [1.82, 2.24) is 14.5 Å². The number of nitrogens with one attached hydrogen (secondary N) is 1. The molecular weight excluding hydrogens is 317 g/mol. The summed E-state index contributed by atoms with van der Waals surface area (Å²) in [7, 11) is -3.55. The maximum absolute atomic E-state index is 13.3. The van der Waals surface area contributed by atoms with Crippen LogP contribution in [0.5, 0.6) is 0 Å². The van der Waals surface area contributed by atoms with E-state index in [0.29, 0.717) is 13.0 Å². The van der Waals surface area contributed by atoms with Crippen LogP contribution in [0.3, 0.4) is 0 Å². The van der Waals surface area contributed by atoms with Gasteiger partial charge in [-0.25, -0.2) is 17.5 Å². The average Bonchev–Trinajstić information content (AvgIpc) is 3.16. The van der Waals surface area contributed by atoms with Gasteiger partial charge in [-0.15, -0.1) is 0 Å². The number of aryl methyl sites for hydroxylation is 1. The van der Waals surface area contributed by atoms with Gasteiger partial charge in [0.15, 0.2) is 0 Å². The highest BCUT2D eigenvalue weighted by atomic mass is 32.2. The van der Waals surface area contributed by atoms with Gasteiger partial charge in [-0.3, -0.25) is 4.68 Å². The zero-order valence-corrected chi connectivity index (χ0v) is 13.8. The van der Waals surface area contributed by atoms with Gasteiger partial charge in [0, 0.05) is 18.8 Å². The largest absolute Gasteiger partial charge is 0.272 e. The van der Waals surface area contributed by atoms with Gasteiger partial charge in [0.1, 0.15) is 10.7 Å². The highest BCUT2D eigenvalue weighted by Gasteiger charge is 2.30. The standard InChI is InChI=1S/C16H20FN3O2S/c1-2-20-11-16(10-18-20)23(21,22)19-15-7-6-13(9-15)12-4-3-5-14(17)8-12/h3-5,8,10-11,13,15,19H,2,6-7,9H2,1H3. The van der Waals surface area contributed by atoms with Gasteiger partial charge in [-0.1, -0.05) is 12.1 Å². The average molecular weight is 337 g/mol. The molecule has 1 fully saturated rings. The fourth-order valence-corrected chi connectivity index (χ4v) is 4.33. The third-order valence-corrected chi connectivity index (χ3v) is 5.79. The summed E-state index contributed by atoms with van der Waals surface area (Å²) in [6.45, 7) is 2.53. The normalized spacial score (nSPS) is 21.7. The molecule has 0 bridgehead atoms. The lowest BCUT2D eigenvalue weighted by molar-refractivity contribution is 0.548. The van der Waals surface area contributed by atoms with Gasteiger partial charge in [0.05, 0.1) is 6.20 Å². The second-order valence-electron chi connectivity index (χ2n) is 5.91. The van der Waals surface area contributed by atoms with Crippen LogP contribution in [0.25, 0.3) is 0 Å². The van der Waals surface area contributed by atoms with E-state index in [1.54, 1.807) is 10.7 Å². The van der Waals surface area contributed by atoms with Crippen LogP contribution in [0.2, 0.25) is 0 Å². The second kappa shape index (κ2) is 6.41. The zero-order valence-electron chi connectivity index (χ0n) is 12.9. The molecule has 2 aromatic rings. The Kier molecular flexibility index (Phi) is 4.50. The van der Waals surface area contributed by atoms with Gasteiger partial charge in [0.25, 0.3) is 0 Å². The fourth-order valence-electron chi connectivity index (χ4n) is 3.10. The molecule has 1 aromatic carbocycles. The number of benzene rings is 1. The molecule has 1 aliphatic carbocycles. The van der Waals surface area contributed by atoms with Gasteiger partial charge in [-0.05, 0) is 49.8 Å². The molecule has 0 spiro atoms. The molecular formula is C16H20FN3O2S. The van der Waals surface area contributed by atoms with E-state index >= 15 is 0 Å². The lowest BCUT2D eigenvalue weighted by Crippen LogP contribution is -2.32. The number of hydrogen-bond acceptors (Lipinski definition) is 3. The Morgan fingerprint density at radius 1 is 1.39 bits per heavy atom. The number of nitrogens with zero attached hydrogens (tertiary/aromatic N) is 2. The first kappa shape index (κ1) is 16.1. The summed E-state index contributed by atoms with van der Waals surface area (Å²) in [6.07, 6.45) is 5.18. The molecule has 0 radical (unpaired) electrons. The predicted molar refractivity (Wildman–Crippen MR) is 85.0 cm³/mol. The zero-order chi connectivity index (χ0) is 16.4. The summed E-state index contributed by atoms with van der Waals surface area (Å²) in [6, 6.07) is 6.42. The van der Waals surface area contributed by atoms with Crippen molar-refractivity contribution >= 4 is 10.0 Å². The van der Waals surface area contributed by atoms with Crippen LogP contribution >= 0.6 is 0 Å². The van der Waals surface area contributed by atoms with Crippen molar-refractivity contribution in [3.63, 3.8) is 0 Å². The number of aromatic nitrogens is 2. The molecule has 1 aromatic heterocycles. The Bertz CT molecular complexity index is 788. The summed E-state index contributed by atoms with van der Waals surface area (Å²) < 4.78 is 42.4. The summed E-state index contributed by atoms with van der Waals surface area (Å²) in [5.41, 5.74) is 0.936. The minimum Gasteiger partial charge on any atom is -0.272 e. The molecule has 1 aliphatic rings. The minimum absolute atomic E-state index is 0.127. The smallest absolute Gasteiger partial charge is 0.243 e. The Morgan fingerprint density at radius 3 is 2.91 bits per heavy atom. The van der Waals surface area contributed by atoms with E-state index in [4.69, 9.17) is 0 Å². The second-order valence-corrected chi connectivity index (χ2v) is 7.63. The molecule has 0 saturated heterocycles. The van der Waals surface area contributed by atoms with Crippen molar-refractivity contribution in [2.75, 3.05) is 0 Å². The Hall–Kier alpha value is -1.73. The predicted octanol–water partition coefficient (Wildman–Crippen LogP) is 2.66. The summed E-state index contributed by atoms with van der Waals surface area (Å²) in [4.78, 5) is 0.188. The van der Waals surface area contributed by atoms with Gasteiger partial charge in [-0.2, -0.15) is 5.10 Å². The first-order valence-electron chi connectivity index (χ1n) is 7.78. The molecule has 1 heterocycles. The molecule has 0 amide bonds. The van der Waals surface area contributed by atoms with Crippen LogP contribution in [0.1, 0.15) is 37.7 Å². The number of sulfonamides is 1. The van der Waals surface area contributed by atoms with Crippen LogP contribution in [0, 0.1) is 5.82 Å². The Labute approximate surface area is 135 Å². The van der Waals surface area contributed by atoms with Crippen LogP contribution in [-0.2, 0) is 16.6 Å². The van der Waals surface area contributed by atoms with Gasteiger partial charge < -0.3 is 0 Å². The summed E-state index contributed by atoms with van der Waals surface area (Å²) in [5, 5.41) is 4.00. The van der Waals surface area contributed by atoms with Crippen LogP contribution in [0.15, 0.2) is 41.6 Å². The molecule has 3 rings (SSSR count). The molecule has 7 heteroatoms. The molecule has 124 valence electrons. The van der Waals surface area contributed by atoms with Crippen molar-refractivity contribution < 1.29 is 12.8 Å². The van der Waals surface area contributed by atoms with Crippen LogP contribution in [0.4, 0.5) is 4.39 Å².